The average molecular weight is 1090 g/mol. The molecule has 0 fully saturated rings. The van der Waals surface area contributed by atoms with Gasteiger partial charge in [0.2, 0.25) is 11.8 Å². The van der Waals surface area contributed by atoms with Crippen molar-refractivity contribution in [3.8, 4) is 0 Å². The van der Waals surface area contributed by atoms with Crippen molar-refractivity contribution in [3.05, 3.63) is 125 Å². The van der Waals surface area contributed by atoms with Crippen molar-refractivity contribution in [1.29, 1.82) is 0 Å². The number of aryl methyl sites for hydroxylation is 1. The van der Waals surface area contributed by atoms with Gasteiger partial charge in [0.15, 0.2) is 0 Å². The minimum absolute atomic E-state index is 0.329. The van der Waals surface area contributed by atoms with E-state index in [2.05, 4.69) is 271 Å². The van der Waals surface area contributed by atoms with Crippen LogP contribution in [0, 0.1) is 13.8 Å². The highest BCUT2D eigenvalue weighted by Crippen LogP contribution is 2.27. The quantitative estimate of drug-likeness (QED) is 0.105. The number of aromatic nitrogens is 13. The second-order valence-corrected chi connectivity index (χ2v) is 25.2. The van der Waals surface area contributed by atoms with E-state index in [4.69, 9.17) is 4.42 Å². The fourth-order valence-electron chi connectivity index (χ4n) is 7.88. The summed E-state index contributed by atoms with van der Waals surface area (Å²) in [5.41, 5.74) is 10.7. The number of nitrogens with zero attached hydrogens (tertiary/aromatic N) is 13. The first-order valence-corrected chi connectivity index (χ1v) is 29.8. The molecule has 0 aromatic carbocycles. The van der Waals surface area contributed by atoms with Crippen molar-refractivity contribution in [2.24, 2.45) is 0 Å². The smallest absolute Gasteiger partial charge is 0.219 e. The zero-order chi connectivity index (χ0) is 60.8. The van der Waals surface area contributed by atoms with E-state index in [1.807, 2.05) is 68.3 Å². The van der Waals surface area contributed by atoms with Crippen molar-refractivity contribution in [2.75, 3.05) is 0 Å². The molecule has 0 saturated heterocycles. The summed E-state index contributed by atoms with van der Waals surface area (Å²) >= 11 is 0. The Balaban J connectivity index is 0.000000461. The molecule has 0 saturated carbocycles. The molecule has 14 nitrogen and oxygen atoms in total. The molecule has 0 bridgehead atoms. The first-order valence-electron chi connectivity index (χ1n) is 29.8. The second kappa shape index (κ2) is 34.6. The zero-order valence-electron chi connectivity index (χ0n) is 55.7. The summed E-state index contributed by atoms with van der Waals surface area (Å²) in [5, 5.41) is 20.1. The maximum atomic E-state index is 5.38. The van der Waals surface area contributed by atoms with Crippen LogP contribution in [0.1, 0.15) is 334 Å². The SMILES string of the molecule is CC(C)c1ccn(C(C)C)c1.CC(C)c1cn(C(C)C)cn1.CC(C)c1cn(C(C)C)nn1.CC(C)c1cncn1C(C)C.CC(C)c1cnn(C(C)C)c1.CC(C)c1nnc(C(C)C)o1.Cc1cn(C(C)C)c(C)c1C(C)C. The van der Waals surface area contributed by atoms with Gasteiger partial charge in [-0.15, -0.1) is 15.3 Å². The number of hydrogen-bond donors (Lipinski definition) is 0. The molecule has 446 valence electrons. The molecule has 7 rings (SSSR count). The van der Waals surface area contributed by atoms with Crippen molar-refractivity contribution in [1.82, 2.24) is 63.2 Å². The van der Waals surface area contributed by atoms with Crippen LogP contribution in [-0.4, -0.2) is 63.2 Å². The predicted molar refractivity (Wildman–Crippen MR) is 334 cm³/mol. The summed E-state index contributed by atoms with van der Waals surface area (Å²) in [4.78, 5) is 8.43. The van der Waals surface area contributed by atoms with Crippen LogP contribution in [0.15, 0.2) is 72.7 Å². The molecule has 7 aromatic heterocycles. The summed E-state index contributed by atoms with van der Waals surface area (Å²) in [6.07, 6.45) is 20.6. The van der Waals surface area contributed by atoms with Crippen molar-refractivity contribution in [2.45, 2.75) is 291 Å². The largest absolute Gasteiger partial charge is 0.425 e. The minimum atomic E-state index is 0.329. The molecule has 0 aliphatic rings. The first-order chi connectivity index (χ1) is 36.6. The standard InChI is InChI=1S/C12H21N.C10H17N.3C9H16N2.C8H15N3.C8H14N2O/c1-8(2)12-10(5)7-13(9(3)4)11(12)6;1-8(2)10-5-6-11(7-10)9(3)4;1-7(2)9-5-11(6-10-9)8(3)4;1-7(2)9-5-10-6-11(9)8(3)4;1-7(2)9-5-10-11(6-9)8(3)4;1-6(2)8-5-11(7(3)4)10-9-8;1-5(2)7-9-10-8(11-7)6(3)4/h7-9H,1-6H3;5-9H,1-4H3;3*5-8H,1-4H3;5-7H,1-4H3;5-6H,1-4H3. The van der Waals surface area contributed by atoms with E-state index in [0.717, 1.165) is 17.5 Å². The molecular weight excluding hydrogens is 979 g/mol. The Labute approximate surface area is 482 Å². The molecule has 0 unspecified atom stereocenters. The van der Waals surface area contributed by atoms with E-state index in [0.29, 0.717) is 83.6 Å². The molecule has 0 aliphatic carbocycles. The molecule has 7 aromatic rings. The maximum Gasteiger partial charge on any atom is 0.219 e. The molecule has 0 amide bonds. The lowest BCUT2D eigenvalue weighted by Crippen LogP contribution is -2.05. The molecule has 0 spiro atoms. The normalized spacial score (nSPS) is 11.5. The number of imidazole rings is 2. The van der Waals surface area contributed by atoms with Gasteiger partial charge in [-0.2, -0.15) is 5.10 Å². The molecule has 14 heteroatoms. The Morgan fingerprint density at radius 1 is 0.405 bits per heavy atom. The summed E-state index contributed by atoms with van der Waals surface area (Å²) in [6, 6.07) is 5.29. The van der Waals surface area contributed by atoms with Crippen LogP contribution in [0.5, 0.6) is 0 Å². The Hall–Kier alpha value is -5.53. The van der Waals surface area contributed by atoms with Crippen molar-refractivity contribution >= 4 is 0 Å². The summed E-state index contributed by atoms with van der Waals surface area (Å²) in [6.45, 7) is 64.9. The topological polar surface area (TPSA) is 133 Å². The van der Waals surface area contributed by atoms with Gasteiger partial charge < -0.3 is 22.7 Å². The fraction of sp³-hybridized carbons (Fsp3) is 0.677. The molecule has 0 aliphatic heterocycles. The Bertz CT molecular complexity index is 2230. The monoisotopic (exact) mass is 1090 g/mol. The molecule has 0 radical (unpaired) electrons. The minimum Gasteiger partial charge on any atom is -0.425 e. The predicted octanol–water partition coefficient (Wildman–Crippen LogP) is 19.1. The van der Waals surface area contributed by atoms with E-state index in [1.165, 1.54) is 39.3 Å². The third-order valence-corrected chi connectivity index (χ3v) is 13.2. The molecular formula is C65H115N13O. The van der Waals surface area contributed by atoms with Gasteiger partial charge >= 0.3 is 0 Å². The van der Waals surface area contributed by atoms with Gasteiger partial charge in [-0.1, -0.05) is 116 Å². The molecule has 79 heavy (non-hydrogen) atoms. The first kappa shape index (κ1) is 71.5. The van der Waals surface area contributed by atoms with Crippen LogP contribution in [-0.2, 0) is 0 Å². The van der Waals surface area contributed by atoms with Crippen molar-refractivity contribution in [3.63, 3.8) is 0 Å². The van der Waals surface area contributed by atoms with E-state index in [-0.39, 0.29) is 0 Å². The second-order valence-electron chi connectivity index (χ2n) is 25.2. The van der Waals surface area contributed by atoms with Gasteiger partial charge in [0.1, 0.15) is 0 Å². The lowest BCUT2D eigenvalue weighted by Gasteiger charge is -2.13. The van der Waals surface area contributed by atoms with Crippen molar-refractivity contribution < 1.29 is 4.42 Å². The van der Waals surface area contributed by atoms with E-state index < -0.39 is 0 Å². The van der Waals surface area contributed by atoms with Gasteiger partial charge in [-0.05, 0) is 161 Å². The van der Waals surface area contributed by atoms with Gasteiger partial charge in [-0.3, -0.25) is 4.68 Å². The number of hydrogen-bond acceptors (Lipinski definition) is 8. The highest BCUT2D eigenvalue weighted by atomic mass is 16.4. The van der Waals surface area contributed by atoms with Gasteiger partial charge in [0.05, 0.1) is 30.2 Å². The van der Waals surface area contributed by atoms with Crippen LogP contribution < -0.4 is 0 Å². The Kier molecular flexibility index (Phi) is 31.3. The van der Waals surface area contributed by atoms with Crippen LogP contribution in [0.25, 0.3) is 0 Å². The summed E-state index contributed by atoms with van der Waals surface area (Å²) in [5.74, 6) is 5.57. The number of rotatable bonds is 14. The highest BCUT2D eigenvalue weighted by Gasteiger charge is 2.15. The fourth-order valence-corrected chi connectivity index (χ4v) is 7.88. The Morgan fingerprint density at radius 3 is 1.19 bits per heavy atom. The van der Waals surface area contributed by atoms with Crippen LogP contribution in [0.2, 0.25) is 0 Å². The van der Waals surface area contributed by atoms with E-state index in [9.17, 15) is 0 Å². The lowest BCUT2D eigenvalue weighted by atomic mass is 10.0. The average Bonchev–Trinajstić information content (AvgIpc) is 4.20. The summed E-state index contributed by atoms with van der Waals surface area (Å²) in [7, 11) is 0. The third kappa shape index (κ3) is 24.4. The van der Waals surface area contributed by atoms with Crippen LogP contribution in [0.4, 0.5) is 0 Å². The van der Waals surface area contributed by atoms with Gasteiger partial charge in [-0.25, -0.2) is 14.6 Å². The van der Waals surface area contributed by atoms with E-state index in [1.54, 1.807) is 0 Å². The zero-order valence-corrected chi connectivity index (χ0v) is 55.7. The third-order valence-electron chi connectivity index (χ3n) is 13.2. The van der Waals surface area contributed by atoms with E-state index >= 15 is 0 Å². The van der Waals surface area contributed by atoms with Crippen LogP contribution >= 0.6 is 0 Å². The molecule has 7 heterocycles. The molecule has 0 N–H and O–H groups in total. The maximum absolute atomic E-state index is 5.38. The summed E-state index contributed by atoms with van der Waals surface area (Å²) < 4.78 is 18.2. The molecule has 0 atom stereocenters. The van der Waals surface area contributed by atoms with Crippen LogP contribution in [0.3, 0.4) is 0 Å². The lowest BCUT2D eigenvalue weighted by molar-refractivity contribution is 0.417. The highest BCUT2D eigenvalue weighted by molar-refractivity contribution is 5.33. The Morgan fingerprint density at radius 2 is 0.924 bits per heavy atom. The van der Waals surface area contributed by atoms with Gasteiger partial charge in [0.25, 0.3) is 0 Å². The van der Waals surface area contributed by atoms with Gasteiger partial charge in [0, 0.05) is 103 Å².